The third-order valence-corrected chi connectivity index (χ3v) is 3.02. The molecule has 1 heterocycles. The first-order valence-electron chi connectivity index (χ1n) is 5.02. The third-order valence-electron chi connectivity index (χ3n) is 2.23. The molecule has 1 aromatic heterocycles. The van der Waals surface area contributed by atoms with Crippen molar-refractivity contribution < 1.29 is 12.9 Å². The van der Waals surface area contributed by atoms with Gasteiger partial charge in [0.15, 0.2) is 15.7 Å². The van der Waals surface area contributed by atoms with Crippen molar-refractivity contribution in [2.75, 3.05) is 6.26 Å². The highest BCUT2D eigenvalue weighted by atomic mass is 32.2. The van der Waals surface area contributed by atoms with E-state index in [1.807, 2.05) is 31.2 Å². The predicted molar refractivity (Wildman–Crippen MR) is 63.0 cm³/mol. The lowest BCUT2D eigenvalue weighted by Gasteiger charge is -1.97. The van der Waals surface area contributed by atoms with E-state index in [2.05, 4.69) is 10.1 Å². The maximum atomic E-state index is 11.1. The molecule has 0 radical (unpaired) electrons. The van der Waals surface area contributed by atoms with Crippen LogP contribution in [0.2, 0.25) is 0 Å². The Balaban J connectivity index is 2.34. The second-order valence-electron chi connectivity index (χ2n) is 3.90. The van der Waals surface area contributed by atoms with Gasteiger partial charge in [-0.05, 0) is 18.6 Å². The van der Waals surface area contributed by atoms with Crippen molar-refractivity contribution in [3.05, 3.63) is 35.7 Å². The van der Waals surface area contributed by atoms with Gasteiger partial charge in [0.25, 0.3) is 5.89 Å². The molecule has 0 spiro atoms. The zero-order chi connectivity index (χ0) is 12.5. The Morgan fingerprint density at radius 2 is 2.00 bits per heavy atom. The van der Waals surface area contributed by atoms with Crippen LogP contribution in [0.15, 0.2) is 28.8 Å². The van der Waals surface area contributed by atoms with E-state index in [0.717, 1.165) is 17.4 Å². The molecular formula is C11H12N2O3S. The molecule has 0 unspecified atom stereocenters. The molecule has 0 bridgehead atoms. The van der Waals surface area contributed by atoms with Crippen molar-refractivity contribution in [3.63, 3.8) is 0 Å². The Hall–Kier alpha value is -1.69. The normalized spacial score (nSPS) is 11.6. The van der Waals surface area contributed by atoms with Gasteiger partial charge in [0.05, 0.1) is 0 Å². The summed E-state index contributed by atoms with van der Waals surface area (Å²) < 4.78 is 27.2. The summed E-state index contributed by atoms with van der Waals surface area (Å²) in [6.45, 7) is 1.93. The summed E-state index contributed by atoms with van der Waals surface area (Å²) >= 11 is 0. The summed E-state index contributed by atoms with van der Waals surface area (Å²) in [6.07, 6.45) is 1.14. The Morgan fingerprint density at radius 3 is 2.65 bits per heavy atom. The van der Waals surface area contributed by atoms with Crippen LogP contribution in [-0.2, 0) is 15.6 Å². The molecule has 2 aromatic rings. The van der Waals surface area contributed by atoms with Crippen molar-refractivity contribution in [1.29, 1.82) is 0 Å². The van der Waals surface area contributed by atoms with E-state index >= 15 is 0 Å². The fourth-order valence-electron chi connectivity index (χ4n) is 1.47. The summed E-state index contributed by atoms with van der Waals surface area (Å²) in [5.41, 5.74) is 1.82. The van der Waals surface area contributed by atoms with Gasteiger partial charge in [0.2, 0.25) is 0 Å². The average Bonchev–Trinajstić information content (AvgIpc) is 2.64. The van der Waals surface area contributed by atoms with Gasteiger partial charge in [-0.3, -0.25) is 0 Å². The van der Waals surface area contributed by atoms with Gasteiger partial charge in [0, 0.05) is 11.8 Å². The molecule has 0 saturated carbocycles. The van der Waals surface area contributed by atoms with Crippen molar-refractivity contribution in [2.24, 2.45) is 0 Å². The van der Waals surface area contributed by atoms with E-state index in [1.165, 1.54) is 0 Å². The number of aromatic nitrogens is 2. The lowest BCUT2D eigenvalue weighted by Crippen LogP contribution is -2.02. The molecule has 0 aliphatic heterocycles. The van der Waals surface area contributed by atoms with Gasteiger partial charge in [-0.1, -0.05) is 23.4 Å². The van der Waals surface area contributed by atoms with E-state index in [9.17, 15) is 8.42 Å². The standard InChI is InChI=1S/C11H12N2O3S/c1-8-5-3-4-6-9(8)11-12-10(13-16-11)7-17(2,14)15/h3-6H,7H2,1-2H3. The van der Waals surface area contributed by atoms with E-state index in [-0.39, 0.29) is 11.6 Å². The fraction of sp³-hybridized carbons (Fsp3) is 0.273. The van der Waals surface area contributed by atoms with Gasteiger partial charge in [-0.25, -0.2) is 8.42 Å². The van der Waals surface area contributed by atoms with Crippen LogP contribution < -0.4 is 0 Å². The Labute approximate surface area is 99.4 Å². The van der Waals surface area contributed by atoms with E-state index in [4.69, 9.17) is 4.52 Å². The molecule has 17 heavy (non-hydrogen) atoms. The van der Waals surface area contributed by atoms with Crippen LogP contribution in [0.3, 0.4) is 0 Å². The fourth-order valence-corrected chi connectivity index (χ4v) is 2.06. The molecule has 90 valence electrons. The molecule has 2 rings (SSSR count). The predicted octanol–water partition coefficient (Wildman–Crippen LogP) is 1.59. The minimum Gasteiger partial charge on any atom is -0.334 e. The molecule has 0 amide bonds. The number of hydrogen-bond acceptors (Lipinski definition) is 5. The van der Waals surface area contributed by atoms with Crippen LogP contribution in [0.4, 0.5) is 0 Å². The number of benzene rings is 1. The van der Waals surface area contributed by atoms with E-state index in [1.54, 1.807) is 0 Å². The molecule has 5 nitrogen and oxygen atoms in total. The average molecular weight is 252 g/mol. The van der Waals surface area contributed by atoms with Crippen LogP contribution in [0.5, 0.6) is 0 Å². The largest absolute Gasteiger partial charge is 0.334 e. The lowest BCUT2D eigenvalue weighted by molar-refractivity contribution is 0.424. The van der Waals surface area contributed by atoms with Gasteiger partial charge in [-0.15, -0.1) is 0 Å². The number of aryl methyl sites for hydroxylation is 1. The molecule has 1 aromatic carbocycles. The molecule has 0 aliphatic rings. The highest BCUT2D eigenvalue weighted by Crippen LogP contribution is 2.21. The summed E-state index contributed by atoms with van der Waals surface area (Å²) in [7, 11) is -3.14. The highest BCUT2D eigenvalue weighted by molar-refractivity contribution is 7.89. The van der Waals surface area contributed by atoms with Crippen LogP contribution in [0.25, 0.3) is 11.5 Å². The van der Waals surface area contributed by atoms with Crippen molar-refractivity contribution in [2.45, 2.75) is 12.7 Å². The van der Waals surface area contributed by atoms with Crippen LogP contribution in [0.1, 0.15) is 11.4 Å². The first-order chi connectivity index (χ1) is 7.96. The maximum absolute atomic E-state index is 11.1. The number of sulfone groups is 1. The monoisotopic (exact) mass is 252 g/mol. The Bertz CT molecular complexity index is 632. The zero-order valence-electron chi connectivity index (χ0n) is 9.54. The second-order valence-corrected chi connectivity index (χ2v) is 6.04. The highest BCUT2D eigenvalue weighted by Gasteiger charge is 2.14. The summed E-state index contributed by atoms with van der Waals surface area (Å²) in [5, 5.41) is 3.65. The van der Waals surface area contributed by atoms with Crippen molar-refractivity contribution >= 4 is 9.84 Å². The number of hydrogen-bond donors (Lipinski definition) is 0. The van der Waals surface area contributed by atoms with Gasteiger partial charge < -0.3 is 4.52 Å². The molecule has 6 heteroatoms. The van der Waals surface area contributed by atoms with Crippen molar-refractivity contribution in [1.82, 2.24) is 10.1 Å². The SMILES string of the molecule is Cc1ccccc1-c1nc(CS(C)(=O)=O)no1. The first kappa shape index (κ1) is 11.8. The number of nitrogens with zero attached hydrogens (tertiary/aromatic N) is 2. The van der Waals surface area contributed by atoms with Crippen LogP contribution >= 0.6 is 0 Å². The Morgan fingerprint density at radius 1 is 1.29 bits per heavy atom. The van der Waals surface area contributed by atoms with Gasteiger partial charge in [0.1, 0.15) is 5.75 Å². The molecule has 0 saturated heterocycles. The maximum Gasteiger partial charge on any atom is 0.258 e. The molecule has 0 atom stereocenters. The quantitative estimate of drug-likeness (QED) is 0.829. The third kappa shape index (κ3) is 2.91. The van der Waals surface area contributed by atoms with Crippen LogP contribution in [0, 0.1) is 6.92 Å². The number of rotatable bonds is 3. The summed E-state index contributed by atoms with van der Waals surface area (Å²) in [4.78, 5) is 4.07. The molecule has 0 fully saturated rings. The van der Waals surface area contributed by atoms with E-state index in [0.29, 0.717) is 5.89 Å². The van der Waals surface area contributed by atoms with E-state index < -0.39 is 9.84 Å². The second kappa shape index (κ2) is 4.29. The summed E-state index contributed by atoms with van der Waals surface area (Å²) in [5.74, 6) is 0.329. The Kier molecular flexibility index (Phi) is 2.97. The van der Waals surface area contributed by atoms with Gasteiger partial charge >= 0.3 is 0 Å². The van der Waals surface area contributed by atoms with Crippen molar-refractivity contribution in [3.8, 4) is 11.5 Å². The molecule has 0 aliphatic carbocycles. The van der Waals surface area contributed by atoms with Crippen LogP contribution in [-0.4, -0.2) is 24.8 Å². The lowest BCUT2D eigenvalue weighted by atomic mass is 10.1. The smallest absolute Gasteiger partial charge is 0.258 e. The van der Waals surface area contributed by atoms with Gasteiger partial charge in [-0.2, -0.15) is 4.98 Å². The zero-order valence-corrected chi connectivity index (χ0v) is 10.4. The minimum atomic E-state index is -3.14. The summed E-state index contributed by atoms with van der Waals surface area (Å²) in [6, 6.07) is 7.55. The topological polar surface area (TPSA) is 73.1 Å². The first-order valence-corrected chi connectivity index (χ1v) is 7.08. The molecular weight excluding hydrogens is 240 g/mol. The minimum absolute atomic E-state index is 0.186. The molecule has 0 N–H and O–H groups in total.